The van der Waals surface area contributed by atoms with Crippen molar-refractivity contribution in [3.63, 3.8) is 0 Å². The molecular formula is C15H24FNO. The molecule has 2 unspecified atom stereocenters. The van der Waals surface area contributed by atoms with Crippen LogP contribution < -0.4 is 0 Å². The predicted octanol–water partition coefficient (Wildman–Crippen LogP) is 3.96. The molecule has 0 aliphatic rings. The van der Waals surface area contributed by atoms with Crippen molar-refractivity contribution in [1.82, 2.24) is 4.90 Å². The number of phenolic OH excluding ortho intramolecular Hbond substituents is 1. The van der Waals surface area contributed by atoms with Gasteiger partial charge >= 0.3 is 0 Å². The molecule has 102 valence electrons. The van der Waals surface area contributed by atoms with Crippen molar-refractivity contribution in [2.75, 3.05) is 7.05 Å². The second-order valence-corrected chi connectivity index (χ2v) is 6.09. The third-order valence-electron chi connectivity index (χ3n) is 3.92. The smallest absolute Gasteiger partial charge is 0.126 e. The molecule has 2 nitrogen and oxygen atoms in total. The number of phenols is 1. The summed E-state index contributed by atoms with van der Waals surface area (Å²) in [5, 5.41) is 9.83. The van der Waals surface area contributed by atoms with Crippen molar-refractivity contribution in [2.24, 2.45) is 5.41 Å². The third kappa shape index (κ3) is 3.22. The minimum absolute atomic E-state index is 0.0236. The lowest BCUT2D eigenvalue weighted by molar-refractivity contribution is 0.103. The average molecular weight is 253 g/mol. The molecule has 0 aliphatic carbocycles. The van der Waals surface area contributed by atoms with Gasteiger partial charge in [-0.15, -0.1) is 0 Å². The molecule has 0 fully saturated rings. The summed E-state index contributed by atoms with van der Waals surface area (Å²) in [6.07, 6.45) is 0. The Labute approximate surface area is 109 Å². The minimum atomic E-state index is -0.407. The quantitative estimate of drug-likeness (QED) is 0.881. The summed E-state index contributed by atoms with van der Waals surface area (Å²) in [6.45, 7) is 10.7. The third-order valence-corrected chi connectivity index (χ3v) is 3.92. The van der Waals surface area contributed by atoms with E-state index in [4.69, 9.17) is 0 Å². The summed E-state index contributed by atoms with van der Waals surface area (Å²) in [6, 6.07) is 4.60. The zero-order valence-corrected chi connectivity index (χ0v) is 12.2. The minimum Gasteiger partial charge on any atom is -0.508 e. The molecule has 0 aliphatic heterocycles. The molecule has 0 bridgehead atoms. The molecule has 0 spiro atoms. The van der Waals surface area contributed by atoms with Crippen molar-refractivity contribution in [3.8, 4) is 5.75 Å². The van der Waals surface area contributed by atoms with Gasteiger partial charge in [-0.25, -0.2) is 4.39 Å². The molecule has 1 N–H and O–H groups in total. The first-order valence-electron chi connectivity index (χ1n) is 6.35. The first-order valence-corrected chi connectivity index (χ1v) is 6.35. The van der Waals surface area contributed by atoms with Gasteiger partial charge in [-0.1, -0.05) is 26.8 Å². The van der Waals surface area contributed by atoms with Gasteiger partial charge in [0.1, 0.15) is 11.6 Å². The Hall–Kier alpha value is -1.09. The standard InChI is InChI=1S/C15H24FNO/c1-10(17(6)11(2)15(3,4)5)13-8-7-12(16)9-14(13)18/h7-11,18H,1-6H3. The molecule has 1 aromatic carbocycles. The maximum absolute atomic E-state index is 13.0. The van der Waals surface area contributed by atoms with Crippen LogP contribution in [0.4, 0.5) is 4.39 Å². The van der Waals surface area contributed by atoms with E-state index in [-0.39, 0.29) is 17.2 Å². The van der Waals surface area contributed by atoms with Gasteiger partial charge in [0.05, 0.1) is 0 Å². The number of nitrogens with zero attached hydrogens (tertiary/aromatic N) is 1. The van der Waals surface area contributed by atoms with Crippen LogP contribution in [0.25, 0.3) is 0 Å². The van der Waals surface area contributed by atoms with E-state index in [1.165, 1.54) is 12.1 Å². The van der Waals surface area contributed by atoms with Crippen LogP contribution in [0.2, 0.25) is 0 Å². The van der Waals surface area contributed by atoms with Gasteiger partial charge in [0, 0.05) is 23.7 Å². The van der Waals surface area contributed by atoms with E-state index >= 15 is 0 Å². The molecule has 0 aromatic heterocycles. The summed E-state index contributed by atoms with van der Waals surface area (Å²) in [4.78, 5) is 2.20. The van der Waals surface area contributed by atoms with Crippen LogP contribution in [-0.4, -0.2) is 23.1 Å². The van der Waals surface area contributed by atoms with E-state index < -0.39 is 5.82 Å². The highest BCUT2D eigenvalue weighted by atomic mass is 19.1. The van der Waals surface area contributed by atoms with Crippen LogP contribution in [0.15, 0.2) is 18.2 Å². The Balaban J connectivity index is 2.96. The number of aromatic hydroxyl groups is 1. The van der Waals surface area contributed by atoms with Gasteiger partial charge in [-0.05, 0) is 32.4 Å². The Morgan fingerprint density at radius 2 is 1.78 bits per heavy atom. The first-order chi connectivity index (χ1) is 8.14. The molecular weight excluding hydrogens is 229 g/mol. The number of halogens is 1. The van der Waals surface area contributed by atoms with Crippen molar-refractivity contribution >= 4 is 0 Å². The van der Waals surface area contributed by atoms with E-state index in [1.807, 2.05) is 14.0 Å². The number of rotatable bonds is 3. The monoisotopic (exact) mass is 253 g/mol. The topological polar surface area (TPSA) is 23.5 Å². The Morgan fingerprint density at radius 3 is 2.22 bits per heavy atom. The average Bonchev–Trinajstić information content (AvgIpc) is 2.25. The maximum Gasteiger partial charge on any atom is 0.126 e. The lowest BCUT2D eigenvalue weighted by atomic mass is 9.86. The fourth-order valence-corrected chi connectivity index (χ4v) is 2.04. The van der Waals surface area contributed by atoms with Crippen LogP contribution >= 0.6 is 0 Å². The lowest BCUT2D eigenvalue weighted by Crippen LogP contribution is -2.40. The summed E-state index contributed by atoms with van der Waals surface area (Å²) in [5.41, 5.74) is 0.911. The van der Waals surface area contributed by atoms with Gasteiger partial charge in [0.15, 0.2) is 0 Å². The van der Waals surface area contributed by atoms with Crippen molar-refractivity contribution in [2.45, 2.75) is 46.7 Å². The second kappa shape index (κ2) is 5.27. The highest BCUT2D eigenvalue weighted by molar-refractivity contribution is 5.35. The van der Waals surface area contributed by atoms with Crippen molar-refractivity contribution < 1.29 is 9.50 Å². The van der Waals surface area contributed by atoms with Crippen molar-refractivity contribution in [1.29, 1.82) is 0 Å². The Morgan fingerprint density at radius 1 is 1.22 bits per heavy atom. The van der Waals surface area contributed by atoms with E-state index in [0.717, 1.165) is 5.56 Å². The predicted molar refractivity (Wildman–Crippen MR) is 73.2 cm³/mol. The van der Waals surface area contributed by atoms with E-state index in [9.17, 15) is 9.50 Å². The summed E-state index contributed by atoms with van der Waals surface area (Å²) >= 11 is 0. The summed E-state index contributed by atoms with van der Waals surface area (Å²) in [7, 11) is 2.03. The number of hydrogen-bond donors (Lipinski definition) is 1. The second-order valence-electron chi connectivity index (χ2n) is 6.09. The summed E-state index contributed by atoms with van der Waals surface area (Å²) in [5.74, 6) is -0.384. The van der Waals surface area contributed by atoms with Crippen LogP contribution in [0.5, 0.6) is 5.75 Å². The first kappa shape index (κ1) is 15.0. The maximum atomic E-state index is 13.0. The molecule has 3 heteroatoms. The molecule has 0 saturated carbocycles. The molecule has 0 amide bonds. The zero-order chi connectivity index (χ0) is 14.1. The Kier molecular flexibility index (Phi) is 4.38. The van der Waals surface area contributed by atoms with Crippen LogP contribution in [0.1, 0.15) is 46.2 Å². The SMILES string of the molecule is CC(c1ccc(F)cc1O)N(C)C(C)C(C)(C)C. The largest absolute Gasteiger partial charge is 0.508 e. The molecule has 0 saturated heterocycles. The van der Waals surface area contributed by atoms with Crippen LogP contribution in [-0.2, 0) is 0 Å². The van der Waals surface area contributed by atoms with Gasteiger partial charge in [-0.2, -0.15) is 0 Å². The fraction of sp³-hybridized carbons (Fsp3) is 0.600. The number of hydrogen-bond acceptors (Lipinski definition) is 2. The van der Waals surface area contributed by atoms with Gasteiger partial charge < -0.3 is 5.11 Å². The molecule has 2 atom stereocenters. The molecule has 1 aromatic rings. The van der Waals surface area contributed by atoms with Crippen LogP contribution in [0.3, 0.4) is 0 Å². The molecule has 0 heterocycles. The van der Waals surface area contributed by atoms with Crippen LogP contribution in [0, 0.1) is 11.2 Å². The molecule has 1 rings (SSSR count). The molecule has 0 radical (unpaired) electrons. The van der Waals surface area contributed by atoms with E-state index in [2.05, 4.69) is 32.6 Å². The number of benzene rings is 1. The zero-order valence-electron chi connectivity index (χ0n) is 12.2. The van der Waals surface area contributed by atoms with Gasteiger partial charge in [0.25, 0.3) is 0 Å². The molecule has 18 heavy (non-hydrogen) atoms. The lowest BCUT2D eigenvalue weighted by Gasteiger charge is -2.39. The Bertz CT molecular complexity index is 411. The highest BCUT2D eigenvalue weighted by Crippen LogP contribution is 2.33. The fourth-order valence-electron chi connectivity index (χ4n) is 2.04. The van der Waals surface area contributed by atoms with Crippen molar-refractivity contribution in [3.05, 3.63) is 29.6 Å². The summed E-state index contributed by atoms with van der Waals surface area (Å²) < 4.78 is 13.0. The van der Waals surface area contributed by atoms with Gasteiger partial charge in [-0.3, -0.25) is 4.90 Å². The van der Waals surface area contributed by atoms with E-state index in [1.54, 1.807) is 6.07 Å². The normalized spacial score (nSPS) is 15.8. The highest BCUT2D eigenvalue weighted by Gasteiger charge is 2.28. The van der Waals surface area contributed by atoms with E-state index in [0.29, 0.717) is 6.04 Å². The van der Waals surface area contributed by atoms with Gasteiger partial charge in [0.2, 0.25) is 0 Å².